The van der Waals surface area contributed by atoms with Crippen molar-refractivity contribution in [3.63, 3.8) is 0 Å². The first kappa shape index (κ1) is 15.5. The Bertz CT molecular complexity index is 715. The smallest absolute Gasteiger partial charge is 0.258 e. The van der Waals surface area contributed by atoms with Crippen LogP contribution in [0.1, 0.15) is 17.0 Å². The highest BCUT2D eigenvalue weighted by Gasteiger charge is 2.20. The van der Waals surface area contributed by atoms with Crippen molar-refractivity contribution >= 4 is 5.91 Å². The SMILES string of the molecule is Cn1nc(CNC(=O)COc2ccccc2F)c2c1CCOC2. The average Bonchev–Trinajstić information content (AvgIpc) is 2.89. The predicted molar refractivity (Wildman–Crippen MR) is 80.3 cm³/mol. The van der Waals surface area contributed by atoms with Gasteiger partial charge in [-0.2, -0.15) is 5.10 Å². The van der Waals surface area contributed by atoms with Crippen LogP contribution in [0.3, 0.4) is 0 Å². The van der Waals surface area contributed by atoms with E-state index in [0.29, 0.717) is 19.8 Å². The number of halogens is 1. The van der Waals surface area contributed by atoms with Gasteiger partial charge in [0, 0.05) is 24.7 Å². The number of ether oxygens (including phenoxy) is 2. The molecule has 2 aromatic rings. The summed E-state index contributed by atoms with van der Waals surface area (Å²) in [6, 6.07) is 5.98. The molecular formula is C16H18FN3O3. The van der Waals surface area contributed by atoms with E-state index in [2.05, 4.69) is 10.4 Å². The second-order valence-electron chi connectivity index (χ2n) is 5.29. The molecule has 1 aromatic heterocycles. The Labute approximate surface area is 133 Å². The third-order valence-electron chi connectivity index (χ3n) is 3.74. The standard InChI is InChI=1S/C16H18FN3O3/c1-20-14-6-7-22-9-11(14)13(19-20)8-18-16(21)10-23-15-5-3-2-4-12(15)17/h2-5H,6-10H2,1H3,(H,18,21). The number of carbonyl (C=O) groups excluding carboxylic acids is 1. The molecule has 0 fully saturated rings. The molecule has 3 rings (SSSR count). The summed E-state index contributed by atoms with van der Waals surface area (Å²) in [4.78, 5) is 11.9. The first-order valence-corrected chi connectivity index (χ1v) is 7.40. The van der Waals surface area contributed by atoms with E-state index in [1.807, 2.05) is 11.7 Å². The van der Waals surface area contributed by atoms with Crippen molar-refractivity contribution in [1.82, 2.24) is 15.1 Å². The van der Waals surface area contributed by atoms with Gasteiger partial charge in [0.2, 0.25) is 0 Å². The molecule has 122 valence electrons. The van der Waals surface area contributed by atoms with Crippen LogP contribution in [0, 0.1) is 5.82 Å². The van der Waals surface area contributed by atoms with E-state index < -0.39 is 5.82 Å². The van der Waals surface area contributed by atoms with Crippen LogP contribution in [0.25, 0.3) is 0 Å². The second-order valence-corrected chi connectivity index (χ2v) is 5.29. The number of fused-ring (bicyclic) bond motifs is 1. The summed E-state index contributed by atoms with van der Waals surface area (Å²) < 4.78 is 25.8. The third kappa shape index (κ3) is 3.50. The van der Waals surface area contributed by atoms with Crippen molar-refractivity contribution < 1.29 is 18.7 Å². The van der Waals surface area contributed by atoms with Crippen LogP contribution in [0.4, 0.5) is 4.39 Å². The zero-order valence-corrected chi connectivity index (χ0v) is 12.8. The van der Waals surface area contributed by atoms with Crippen LogP contribution >= 0.6 is 0 Å². The Morgan fingerprint density at radius 1 is 1.48 bits per heavy atom. The van der Waals surface area contributed by atoms with E-state index in [4.69, 9.17) is 9.47 Å². The fourth-order valence-electron chi connectivity index (χ4n) is 2.57. The van der Waals surface area contributed by atoms with E-state index >= 15 is 0 Å². The average molecular weight is 319 g/mol. The highest BCUT2D eigenvalue weighted by molar-refractivity contribution is 5.77. The van der Waals surface area contributed by atoms with Gasteiger partial charge in [-0.1, -0.05) is 12.1 Å². The zero-order valence-electron chi connectivity index (χ0n) is 12.8. The molecule has 1 aromatic carbocycles. The molecule has 7 heteroatoms. The Balaban J connectivity index is 1.54. The molecule has 0 unspecified atom stereocenters. The van der Waals surface area contributed by atoms with Crippen molar-refractivity contribution in [3.8, 4) is 5.75 Å². The predicted octanol–water partition coefficient (Wildman–Crippen LogP) is 1.33. The van der Waals surface area contributed by atoms with Gasteiger partial charge in [0.25, 0.3) is 5.91 Å². The van der Waals surface area contributed by atoms with Gasteiger partial charge in [-0.25, -0.2) is 4.39 Å². The van der Waals surface area contributed by atoms with Gasteiger partial charge in [-0.15, -0.1) is 0 Å². The minimum absolute atomic E-state index is 0.0614. The molecule has 1 amide bonds. The number of para-hydroxylation sites is 1. The van der Waals surface area contributed by atoms with Crippen molar-refractivity contribution in [2.24, 2.45) is 7.05 Å². The molecule has 0 saturated heterocycles. The fraction of sp³-hybridized carbons (Fsp3) is 0.375. The Morgan fingerprint density at radius 3 is 3.13 bits per heavy atom. The number of aromatic nitrogens is 2. The number of hydrogen-bond donors (Lipinski definition) is 1. The van der Waals surface area contributed by atoms with E-state index in [1.165, 1.54) is 12.1 Å². The summed E-state index contributed by atoms with van der Waals surface area (Å²) >= 11 is 0. The summed E-state index contributed by atoms with van der Waals surface area (Å²) in [5.74, 6) is -0.758. The number of aryl methyl sites for hydroxylation is 1. The van der Waals surface area contributed by atoms with Gasteiger partial charge in [-0.05, 0) is 12.1 Å². The van der Waals surface area contributed by atoms with Crippen LogP contribution in [-0.2, 0) is 36.2 Å². The van der Waals surface area contributed by atoms with E-state index in [9.17, 15) is 9.18 Å². The normalized spacial score (nSPS) is 13.5. The minimum Gasteiger partial charge on any atom is -0.481 e. The first-order valence-electron chi connectivity index (χ1n) is 7.40. The van der Waals surface area contributed by atoms with Crippen molar-refractivity contribution in [2.45, 2.75) is 19.6 Å². The lowest BCUT2D eigenvalue weighted by Crippen LogP contribution is -2.29. The summed E-state index contributed by atoms with van der Waals surface area (Å²) in [7, 11) is 1.89. The maximum Gasteiger partial charge on any atom is 0.258 e. The molecule has 0 aliphatic carbocycles. The summed E-state index contributed by atoms with van der Waals surface area (Å²) in [5, 5.41) is 7.15. The lowest BCUT2D eigenvalue weighted by Gasteiger charge is -2.13. The quantitative estimate of drug-likeness (QED) is 0.903. The van der Waals surface area contributed by atoms with Gasteiger partial charge < -0.3 is 14.8 Å². The van der Waals surface area contributed by atoms with Crippen molar-refractivity contribution in [3.05, 3.63) is 47.0 Å². The van der Waals surface area contributed by atoms with Crippen LogP contribution in [0.2, 0.25) is 0 Å². The van der Waals surface area contributed by atoms with Crippen LogP contribution in [0.5, 0.6) is 5.75 Å². The minimum atomic E-state index is -0.490. The molecule has 1 aliphatic rings. The topological polar surface area (TPSA) is 65.4 Å². The number of nitrogens with zero attached hydrogens (tertiary/aromatic N) is 2. The Morgan fingerprint density at radius 2 is 2.30 bits per heavy atom. The number of hydrogen-bond acceptors (Lipinski definition) is 4. The molecule has 2 heterocycles. The number of amides is 1. The second kappa shape index (κ2) is 6.78. The third-order valence-corrected chi connectivity index (χ3v) is 3.74. The summed E-state index contributed by atoms with van der Waals surface area (Å²) in [5.41, 5.74) is 2.97. The molecule has 1 N–H and O–H groups in total. The van der Waals surface area contributed by atoms with Gasteiger partial charge >= 0.3 is 0 Å². The van der Waals surface area contributed by atoms with Crippen LogP contribution < -0.4 is 10.1 Å². The molecule has 1 aliphatic heterocycles. The van der Waals surface area contributed by atoms with Gasteiger partial charge in [0.15, 0.2) is 18.2 Å². The van der Waals surface area contributed by atoms with Crippen molar-refractivity contribution in [2.75, 3.05) is 13.2 Å². The monoisotopic (exact) mass is 319 g/mol. The van der Waals surface area contributed by atoms with Gasteiger partial charge in [0.1, 0.15) is 0 Å². The highest BCUT2D eigenvalue weighted by Crippen LogP contribution is 2.20. The lowest BCUT2D eigenvalue weighted by molar-refractivity contribution is -0.123. The first-order chi connectivity index (χ1) is 11.1. The van der Waals surface area contributed by atoms with Gasteiger partial charge in [-0.3, -0.25) is 9.48 Å². The highest BCUT2D eigenvalue weighted by atomic mass is 19.1. The number of rotatable bonds is 5. The van der Waals surface area contributed by atoms with E-state index in [-0.39, 0.29) is 18.3 Å². The molecule has 23 heavy (non-hydrogen) atoms. The van der Waals surface area contributed by atoms with Crippen molar-refractivity contribution in [1.29, 1.82) is 0 Å². The van der Waals surface area contributed by atoms with E-state index in [0.717, 1.165) is 23.4 Å². The molecule has 0 saturated carbocycles. The largest absolute Gasteiger partial charge is 0.481 e. The molecule has 6 nitrogen and oxygen atoms in total. The fourth-order valence-corrected chi connectivity index (χ4v) is 2.57. The van der Waals surface area contributed by atoms with E-state index in [1.54, 1.807) is 12.1 Å². The molecule has 0 atom stereocenters. The lowest BCUT2D eigenvalue weighted by atomic mass is 10.1. The zero-order chi connectivity index (χ0) is 16.2. The summed E-state index contributed by atoms with van der Waals surface area (Å²) in [6.07, 6.45) is 0.823. The number of benzene rings is 1. The molecule has 0 radical (unpaired) electrons. The molecule has 0 bridgehead atoms. The maximum atomic E-state index is 13.4. The maximum absolute atomic E-state index is 13.4. The van der Waals surface area contributed by atoms with Gasteiger partial charge in [0.05, 0.1) is 25.5 Å². The molecular weight excluding hydrogens is 301 g/mol. The Kier molecular flexibility index (Phi) is 4.57. The number of nitrogens with one attached hydrogen (secondary N) is 1. The van der Waals surface area contributed by atoms with Crippen LogP contribution in [-0.4, -0.2) is 28.9 Å². The number of carbonyl (C=O) groups is 1. The summed E-state index contributed by atoms with van der Waals surface area (Å²) in [6.45, 7) is 1.26. The van der Waals surface area contributed by atoms with Crippen LogP contribution in [0.15, 0.2) is 24.3 Å². The molecule has 0 spiro atoms. The Hall–Kier alpha value is -2.41.